The molecule has 3 aromatic rings. The second-order valence-electron chi connectivity index (χ2n) is 7.06. The van der Waals surface area contributed by atoms with E-state index in [1.807, 2.05) is 60.7 Å². The van der Waals surface area contributed by atoms with Crippen LogP contribution in [-0.2, 0) is 14.4 Å². The Bertz CT molecular complexity index is 1060. The number of nitrogens with zero attached hydrogens (tertiary/aromatic N) is 2. The Hall–Kier alpha value is -3.51. The summed E-state index contributed by atoms with van der Waals surface area (Å²) in [6, 6.07) is 23.8. The van der Waals surface area contributed by atoms with E-state index in [1.54, 1.807) is 5.06 Å². The zero-order valence-electron chi connectivity index (χ0n) is 15.3. The molecule has 2 aliphatic heterocycles. The number of imide groups is 1. The summed E-state index contributed by atoms with van der Waals surface area (Å²) in [6.45, 7) is 0. The van der Waals surface area contributed by atoms with Crippen molar-refractivity contribution in [1.29, 1.82) is 0 Å². The third kappa shape index (κ3) is 2.80. The van der Waals surface area contributed by atoms with Crippen molar-refractivity contribution in [3.63, 3.8) is 0 Å². The number of hydrogen-bond acceptors (Lipinski definition) is 4. The molecule has 0 aliphatic carbocycles. The summed E-state index contributed by atoms with van der Waals surface area (Å²) in [4.78, 5) is 33.6. The van der Waals surface area contributed by atoms with Crippen LogP contribution in [0.1, 0.15) is 11.6 Å². The SMILES string of the molecule is O=C1[C@@H]2[C@@H](ON(c3ccccc3)[C@H]2c2ccccc2)C(=O)N1c1ccc(F)cc1. The molecule has 2 aliphatic rings. The van der Waals surface area contributed by atoms with Gasteiger partial charge in [0.1, 0.15) is 11.7 Å². The molecule has 0 spiro atoms. The molecule has 29 heavy (non-hydrogen) atoms. The minimum absolute atomic E-state index is 0.345. The normalized spacial score (nSPS) is 23.6. The van der Waals surface area contributed by atoms with E-state index in [1.165, 1.54) is 24.3 Å². The van der Waals surface area contributed by atoms with Crippen molar-refractivity contribution in [3.05, 3.63) is 96.3 Å². The molecule has 0 radical (unpaired) electrons. The van der Waals surface area contributed by atoms with Crippen LogP contribution in [0.2, 0.25) is 0 Å². The van der Waals surface area contributed by atoms with E-state index < -0.39 is 29.8 Å². The Kier molecular flexibility index (Phi) is 4.14. The van der Waals surface area contributed by atoms with Gasteiger partial charge in [-0.15, -0.1) is 0 Å². The highest BCUT2D eigenvalue weighted by molar-refractivity contribution is 6.23. The van der Waals surface area contributed by atoms with Crippen molar-refractivity contribution >= 4 is 23.2 Å². The van der Waals surface area contributed by atoms with Gasteiger partial charge in [-0.05, 0) is 42.0 Å². The van der Waals surface area contributed by atoms with E-state index in [9.17, 15) is 14.0 Å². The second kappa shape index (κ2) is 6.83. The van der Waals surface area contributed by atoms with Gasteiger partial charge in [-0.3, -0.25) is 14.4 Å². The number of anilines is 2. The number of carbonyl (C=O) groups is 2. The fraction of sp³-hybridized carbons (Fsp3) is 0.130. The first-order valence-electron chi connectivity index (χ1n) is 9.34. The quantitative estimate of drug-likeness (QED) is 0.639. The molecular weight excluding hydrogens is 371 g/mol. The Balaban J connectivity index is 1.58. The highest BCUT2D eigenvalue weighted by atomic mass is 19.1. The number of halogens is 1. The summed E-state index contributed by atoms with van der Waals surface area (Å²) in [7, 11) is 0. The predicted octanol–water partition coefficient (Wildman–Crippen LogP) is 3.88. The minimum Gasteiger partial charge on any atom is -0.273 e. The van der Waals surface area contributed by atoms with Crippen LogP contribution >= 0.6 is 0 Å². The zero-order chi connectivity index (χ0) is 20.0. The van der Waals surface area contributed by atoms with Crippen molar-refractivity contribution in [1.82, 2.24) is 0 Å². The molecule has 3 aromatic carbocycles. The van der Waals surface area contributed by atoms with Gasteiger partial charge in [0.2, 0.25) is 5.91 Å². The molecule has 0 N–H and O–H groups in total. The monoisotopic (exact) mass is 388 g/mol. The summed E-state index contributed by atoms with van der Waals surface area (Å²) in [5, 5.41) is 1.66. The number of rotatable bonds is 3. The maximum Gasteiger partial charge on any atom is 0.266 e. The summed E-state index contributed by atoms with van der Waals surface area (Å²) in [5.74, 6) is -1.92. The molecule has 2 fully saturated rings. The fourth-order valence-electron chi connectivity index (χ4n) is 4.05. The van der Waals surface area contributed by atoms with E-state index >= 15 is 0 Å². The summed E-state index contributed by atoms with van der Waals surface area (Å²) < 4.78 is 13.3. The lowest BCUT2D eigenvalue weighted by Gasteiger charge is -2.28. The largest absolute Gasteiger partial charge is 0.273 e. The second-order valence-corrected chi connectivity index (χ2v) is 7.06. The molecule has 2 amide bonds. The van der Waals surface area contributed by atoms with Crippen molar-refractivity contribution < 1.29 is 18.8 Å². The molecule has 5 nitrogen and oxygen atoms in total. The molecule has 5 rings (SSSR count). The molecule has 0 aromatic heterocycles. The zero-order valence-corrected chi connectivity index (χ0v) is 15.3. The van der Waals surface area contributed by atoms with Crippen molar-refractivity contribution in [2.45, 2.75) is 12.1 Å². The average Bonchev–Trinajstić information content (AvgIpc) is 3.27. The number of hydroxylamine groups is 1. The molecular formula is C23H17FN2O3. The molecule has 144 valence electrons. The highest BCUT2D eigenvalue weighted by Gasteiger charge is 2.60. The third-order valence-electron chi connectivity index (χ3n) is 5.35. The van der Waals surface area contributed by atoms with Crippen LogP contribution in [0.4, 0.5) is 15.8 Å². The predicted molar refractivity (Wildman–Crippen MR) is 105 cm³/mol. The number of fused-ring (bicyclic) bond motifs is 1. The standard InChI is InChI=1S/C23H17FN2O3/c24-16-11-13-17(14-12-16)25-22(27)19-20(15-7-3-1-4-8-15)26(29-21(19)23(25)28)18-9-5-2-6-10-18/h1-14,19-21H/t19-,20-,21+/m0/s1. The smallest absolute Gasteiger partial charge is 0.266 e. The number of carbonyl (C=O) groups excluding carboxylic acids is 2. The first kappa shape index (κ1) is 17.6. The summed E-state index contributed by atoms with van der Waals surface area (Å²) >= 11 is 0. The maximum atomic E-state index is 13.3. The maximum absolute atomic E-state index is 13.3. The van der Waals surface area contributed by atoms with Gasteiger partial charge in [0.05, 0.1) is 17.4 Å². The highest BCUT2D eigenvalue weighted by Crippen LogP contribution is 2.47. The van der Waals surface area contributed by atoms with E-state index in [-0.39, 0.29) is 5.91 Å². The van der Waals surface area contributed by atoms with Gasteiger partial charge >= 0.3 is 0 Å². The molecule has 2 saturated heterocycles. The lowest BCUT2D eigenvalue weighted by Crippen LogP contribution is -2.37. The molecule has 0 saturated carbocycles. The topological polar surface area (TPSA) is 49.9 Å². The average molecular weight is 388 g/mol. The van der Waals surface area contributed by atoms with E-state index in [4.69, 9.17) is 4.84 Å². The Labute approximate surface area is 166 Å². The number of para-hydroxylation sites is 1. The first-order chi connectivity index (χ1) is 14.1. The van der Waals surface area contributed by atoms with Gasteiger partial charge < -0.3 is 0 Å². The lowest BCUT2D eigenvalue weighted by atomic mass is 9.90. The lowest BCUT2D eigenvalue weighted by molar-refractivity contribution is -0.126. The van der Waals surface area contributed by atoms with Crippen LogP contribution in [0, 0.1) is 11.7 Å². The molecule has 0 bridgehead atoms. The van der Waals surface area contributed by atoms with Crippen LogP contribution in [0.25, 0.3) is 0 Å². The van der Waals surface area contributed by atoms with Crippen molar-refractivity contribution in [2.24, 2.45) is 5.92 Å². The van der Waals surface area contributed by atoms with Gasteiger partial charge in [0.15, 0.2) is 6.10 Å². The minimum atomic E-state index is -0.932. The number of hydrogen-bond donors (Lipinski definition) is 0. The van der Waals surface area contributed by atoms with E-state index in [2.05, 4.69) is 0 Å². The van der Waals surface area contributed by atoms with Crippen molar-refractivity contribution in [3.8, 4) is 0 Å². The van der Waals surface area contributed by atoms with E-state index in [0.717, 1.165) is 16.2 Å². The van der Waals surface area contributed by atoms with Gasteiger partial charge in [-0.2, -0.15) is 0 Å². The van der Waals surface area contributed by atoms with Crippen LogP contribution in [0.15, 0.2) is 84.9 Å². The Morgan fingerprint density at radius 2 is 1.34 bits per heavy atom. The fourth-order valence-corrected chi connectivity index (χ4v) is 4.05. The third-order valence-corrected chi connectivity index (χ3v) is 5.35. The van der Waals surface area contributed by atoms with Crippen LogP contribution in [0.3, 0.4) is 0 Å². The van der Waals surface area contributed by atoms with Gasteiger partial charge in [-0.1, -0.05) is 48.5 Å². The Morgan fingerprint density at radius 1 is 0.724 bits per heavy atom. The summed E-state index contributed by atoms with van der Waals surface area (Å²) in [6.07, 6.45) is -0.932. The van der Waals surface area contributed by atoms with Crippen LogP contribution in [-0.4, -0.2) is 17.9 Å². The molecule has 6 heteroatoms. The number of benzene rings is 3. The molecule has 2 heterocycles. The van der Waals surface area contributed by atoms with Crippen molar-refractivity contribution in [2.75, 3.05) is 9.96 Å². The first-order valence-corrected chi connectivity index (χ1v) is 9.34. The van der Waals surface area contributed by atoms with Gasteiger partial charge in [-0.25, -0.2) is 14.4 Å². The number of amides is 2. The van der Waals surface area contributed by atoms with Crippen LogP contribution in [0.5, 0.6) is 0 Å². The summed E-state index contributed by atoms with van der Waals surface area (Å²) in [5.41, 5.74) is 1.99. The van der Waals surface area contributed by atoms with E-state index in [0.29, 0.717) is 5.69 Å². The van der Waals surface area contributed by atoms with Gasteiger partial charge in [0.25, 0.3) is 5.91 Å². The molecule has 0 unspecified atom stereocenters. The van der Waals surface area contributed by atoms with Crippen LogP contribution < -0.4 is 9.96 Å². The Morgan fingerprint density at radius 3 is 2.00 bits per heavy atom. The van der Waals surface area contributed by atoms with Gasteiger partial charge in [0, 0.05) is 0 Å². The molecule has 3 atom stereocenters.